The molecule has 1 aromatic rings. The molecular formula is C28H32ClKN2O7. The maximum absolute atomic E-state index is 13.6. The first kappa shape index (κ1) is 33.4. The minimum atomic E-state index is -1.13. The number of nitrogens with one attached hydrogen (secondary N) is 1. The normalized spacial score (nSPS) is 29.4. The molecule has 11 heteroatoms. The van der Waals surface area contributed by atoms with Crippen LogP contribution in [0.25, 0.3) is 0 Å². The summed E-state index contributed by atoms with van der Waals surface area (Å²) < 4.78 is 17.0. The van der Waals surface area contributed by atoms with Crippen molar-refractivity contribution >= 4 is 29.5 Å². The molecule has 2 aliphatic carbocycles. The zero-order chi connectivity index (χ0) is 26.8. The number of allylic oxidation sites excluding steroid dienone is 3. The Balaban J connectivity index is 0.00000267. The van der Waals surface area contributed by atoms with Crippen LogP contribution in [0.2, 0.25) is 0 Å². The number of pyridine rings is 1. The van der Waals surface area contributed by atoms with Crippen molar-refractivity contribution in [1.29, 1.82) is 0 Å². The number of esters is 3. The van der Waals surface area contributed by atoms with E-state index in [2.05, 4.69) is 10.3 Å². The van der Waals surface area contributed by atoms with Gasteiger partial charge < -0.3 is 31.9 Å². The number of carbonyl (C=O) groups excluding carboxylic acids is 4. The molecule has 2 bridgehead atoms. The molecule has 9 nitrogen and oxygen atoms in total. The van der Waals surface area contributed by atoms with Crippen LogP contribution in [0.5, 0.6) is 0 Å². The van der Waals surface area contributed by atoms with Gasteiger partial charge in [0.2, 0.25) is 0 Å². The number of methoxy groups -OCH3 is 1. The zero-order valence-corrected chi connectivity index (χ0v) is 26.8. The predicted octanol–water partition coefficient (Wildman–Crippen LogP) is -2.17. The summed E-state index contributed by atoms with van der Waals surface area (Å²) in [5.41, 5.74) is -1.73. The third-order valence-corrected chi connectivity index (χ3v) is 7.93. The Morgan fingerprint density at radius 1 is 1.18 bits per heavy atom. The van der Waals surface area contributed by atoms with Crippen LogP contribution in [0, 0.1) is 11.3 Å². The Labute approximate surface area is 277 Å². The molecule has 1 aromatic heterocycles. The second kappa shape index (κ2) is 13.2. The van der Waals surface area contributed by atoms with Crippen molar-refractivity contribution in [3.63, 3.8) is 0 Å². The van der Waals surface area contributed by atoms with Gasteiger partial charge in [-0.3, -0.25) is 19.4 Å². The van der Waals surface area contributed by atoms with Crippen LogP contribution in [0.3, 0.4) is 0 Å². The van der Waals surface area contributed by atoms with E-state index in [0.717, 1.165) is 0 Å². The molecule has 0 radical (unpaired) electrons. The number of hydrogen-bond donors (Lipinski definition) is 1. The summed E-state index contributed by atoms with van der Waals surface area (Å²) in [6, 6.07) is 3.38. The molecule has 1 N–H and O–H groups in total. The average Bonchev–Trinajstić information content (AvgIpc) is 3.01. The van der Waals surface area contributed by atoms with Crippen molar-refractivity contribution in [2.75, 3.05) is 12.4 Å². The SMILES string of the molecule is COC(=O)C1=CC[C@@]23CC[C@@H]([C@@](C)(/C=C/C=C(\C)C(=O)Nc4ccncc4)OC2=O)[C@@]3(OC(C)=O)CC1.[Cl-].[K+]. The van der Waals surface area contributed by atoms with Crippen molar-refractivity contribution < 1.29 is 97.2 Å². The summed E-state index contributed by atoms with van der Waals surface area (Å²) in [5, 5.41) is 2.79. The molecule has 3 aliphatic rings. The van der Waals surface area contributed by atoms with Crippen molar-refractivity contribution in [3.8, 4) is 0 Å². The van der Waals surface area contributed by atoms with E-state index in [1.54, 1.807) is 62.7 Å². The maximum atomic E-state index is 13.6. The molecule has 2 fully saturated rings. The van der Waals surface area contributed by atoms with E-state index in [1.165, 1.54) is 14.0 Å². The number of cyclic esters (lactones) is 1. The topological polar surface area (TPSA) is 121 Å². The third kappa shape index (κ3) is 6.26. The van der Waals surface area contributed by atoms with Crippen LogP contribution in [-0.2, 0) is 33.4 Å². The standard InChI is InChI=1S/C28H32N2O7.ClH.K/c1-18(23(32)30-21-10-16-29-17-11-21)6-5-12-26(3)22-9-14-27(25(34)37-26)13-7-20(24(33)35-4)8-15-28(22,27)36-19(2)31;;/h5-7,10-12,16-17,22H,8-9,13-15H2,1-4H3,(H,29,30,32);1H;/q;;+1/p-1/b12-5+,18-6+;;/t22-,26+,27+,28-;;/m0../s1. The van der Waals surface area contributed by atoms with Crippen molar-refractivity contribution in [2.24, 2.45) is 11.3 Å². The van der Waals surface area contributed by atoms with Crippen molar-refractivity contribution in [3.05, 3.63) is 60.0 Å². The van der Waals surface area contributed by atoms with Gasteiger partial charge in [0.25, 0.3) is 5.91 Å². The second-order valence-corrected chi connectivity index (χ2v) is 10.1. The number of aromatic nitrogens is 1. The Hall–Kier alpha value is -1.82. The number of hydrogen-bond acceptors (Lipinski definition) is 8. The van der Waals surface area contributed by atoms with Crippen molar-refractivity contribution in [2.45, 2.75) is 64.1 Å². The molecule has 204 valence electrons. The zero-order valence-electron chi connectivity index (χ0n) is 22.9. The molecule has 4 rings (SSSR count). The molecule has 0 unspecified atom stereocenters. The van der Waals surface area contributed by atoms with E-state index in [9.17, 15) is 19.2 Å². The summed E-state index contributed by atoms with van der Waals surface area (Å²) in [7, 11) is 1.32. The molecule has 0 aromatic carbocycles. The van der Waals surface area contributed by atoms with Crippen LogP contribution in [0.1, 0.15) is 52.9 Å². The number of carbonyl (C=O) groups is 4. The molecule has 1 aliphatic heterocycles. The number of anilines is 1. The molecular weight excluding hydrogens is 551 g/mol. The van der Waals surface area contributed by atoms with E-state index in [-0.39, 0.29) is 82.0 Å². The fourth-order valence-corrected chi connectivity index (χ4v) is 6.12. The number of rotatable bonds is 6. The van der Waals surface area contributed by atoms with E-state index >= 15 is 0 Å². The van der Waals surface area contributed by atoms with Gasteiger partial charge in [0.15, 0.2) is 0 Å². The minimum Gasteiger partial charge on any atom is -1.00 e. The Kier molecular flexibility index (Phi) is 11.3. The molecule has 1 saturated carbocycles. The van der Waals surface area contributed by atoms with Crippen LogP contribution < -0.4 is 69.1 Å². The van der Waals surface area contributed by atoms with Crippen LogP contribution in [0.4, 0.5) is 5.69 Å². The fourth-order valence-electron chi connectivity index (χ4n) is 6.12. The summed E-state index contributed by atoms with van der Waals surface area (Å²) in [6.45, 7) is 4.82. The summed E-state index contributed by atoms with van der Waals surface area (Å²) >= 11 is 0. The second-order valence-electron chi connectivity index (χ2n) is 10.1. The first-order valence-corrected chi connectivity index (χ1v) is 12.3. The number of halogens is 1. The van der Waals surface area contributed by atoms with E-state index in [1.807, 2.05) is 0 Å². The van der Waals surface area contributed by atoms with E-state index < -0.39 is 34.5 Å². The van der Waals surface area contributed by atoms with E-state index in [0.29, 0.717) is 42.5 Å². The molecule has 1 amide bonds. The van der Waals surface area contributed by atoms with Crippen LogP contribution in [0.15, 0.2) is 60.0 Å². The molecule has 39 heavy (non-hydrogen) atoms. The number of ether oxygens (including phenoxy) is 3. The predicted molar refractivity (Wildman–Crippen MR) is 134 cm³/mol. The molecule has 1 saturated heterocycles. The number of amides is 1. The first-order chi connectivity index (χ1) is 17.6. The van der Waals surface area contributed by atoms with Gasteiger partial charge in [-0.1, -0.05) is 18.2 Å². The summed E-state index contributed by atoms with van der Waals surface area (Å²) in [6.07, 6.45) is 11.9. The Morgan fingerprint density at radius 3 is 2.51 bits per heavy atom. The summed E-state index contributed by atoms with van der Waals surface area (Å²) in [5.74, 6) is -1.99. The van der Waals surface area contributed by atoms with Gasteiger partial charge in [-0.15, -0.1) is 0 Å². The van der Waals surface area contributed by atoms with Crippen LogP contribution in [-0.4, -0.2) is 47.1 Å². The smallest absolute Gasteiger partial charge is 1.00 e. The average molecular weight is 583 g/mol. The van der Waals surface area contributed by atoms with Crippen LogP contribution >= 0.6 is 0 Å². The van der Waals surface area contributed by atoms with Gasteiger partial charge in [0.1, 0.15) is 16.6 Å². The fraction of sp³-hybridized carbons (Fsp3) is 0.464. The first-order valence-electron chi connectivity index (χ1n) is 12.3. The van der Waals surface area contributed by atoms with Gasteiger partial charge in [-0.2, -0.15) is 0 Å². The monoisotopic (exact) mass is 582 g/mol. The van der Waals surface area contributed by atoms with Gasteiger partial charge in [0, 0.05) is 42.1 Å². The van der Waals surface area contributed by atoms with Gasteiger partial charge in [-0.05, 0) is 64.2 Å². The number of nitrogens with zero attached hydrogens (tertiary/aromatic N) is 1. The molecule has 4 atom stereocenters. The summed E-state index contributed by atoms with van der Waals surface area (Å²) in [4.78, 5) is 54.7. The minimum absolute atomic E-state index is 0. The third-order valence-electron chi connectivity index (χ3n) is 7.93. The Bertz CT molecular complexity index is 1220. The van der Waals surface area contributed by atoms with Crippen molar-refractivity contribution in [1.82, 2.24) is 4.98 Å². The maximum Gasteiger partial charge on any atom is 1.00 e. The van der Waals surface area contributed by atoms with Gasteiger partial charge >= 0.3 is 69.3 Å². The largest absolute Gasteiger partial charge is 1.00 e. The Morgan fingerprint density at radius 2 is 1.87 bits per heavy atom. The van der Waals surface area contributed by atoms with Gasteiger partial charge in [0.05, 0.1) is 7.11 Å². The van der Waals surface area contributed by atoms with E-state index in [4.69, 9.17) is 14.2 Å². The van der Waals surface area contributed by atoms with Gasteiger partial charge in [-0.25, -0.2) is 4.79 Å². The molecule has 2 heterocycles. The quantitative estimate of drug-likeness (QED) is 0.132. The molecule has 0 spiro atoms.